The molecule has 3 aromatic rings. The smallest absolute Gasteiger partial charge is 0.251 e. The SMILES string of the molecule is CN(Cc1cnn(-c2ccc(F)cc2)c1)c1cc(C(=O)NC2CC2)ccn1. The highest BCUT2D eigenvalue weighted by atomic mass is 19.1. The summed E-state index contributed by atoms with van der Waals surface area (Å²) in [6, 6.07) is 10.0. The lowest BCUT2D eigenvalue weighted by Gasteiger charge is -2.17. The van der Waals surface area contributed by atoms with Crippen LogP contribution in [-0.4, -0.2) is 33.8 Å². The zero-order valence-electron chi connectivity index (χ0n) is 15.0. The Hall–Kier alpha value is -3.22. The quantitative estimate of drug-likeness (QED) is 0.730. The van der Waals surface area contributed by atoms with Crippen molar-refractivity contribution in [3.63, 3.8) is 0 Å². The molecule has 1 aliphatic rings. The molecular formula is C20H20FN5O. The maximum Gasteiger partial charge on any atom is 0.251 e. The molecule has 0 aliphatic heterocycles. The Morgan fingerprint density at radius 1 is 1.30 bits per heavy atom. The molecule has 1 aliphatic carbocycles. The average Bonchev–Trinajstić information content (AvgIpc) is 3.37. The van der Waals surface area contributed by atoms with Crippen LogP contribution in [0.15, 0.2) is 55.0 Å². The molecule has 1 N–H and O–H groups in total. The first-order valence-electron chi connectivity index (χ1n) is 8.86. The summed E-state index contributed by atoms with van der Waals surface area (Å²) in [5.41, 5.74) is 2.39. The van der Waals surface area contributed by atoms with Crippen molar-refractivity contribution in [2.75, 3.05) is 11.9 Å². The topological polar surface area (TPSA) is 63.1 Å². The van der Waals surface area contributed by atoms with Gasteiger partial charge in [-0.2, -0.15) is 5.10 Å². The number of aromatic nitrogens is 3. The van der Waals surface area contributed by atoms with Gasteiger partial charge in [-0.25, -0.2) is 14.1 Å². The van der Waals surface area contributed by atoms with Crippen molar-refractivity contribution >= 4 is 11.7 Å². The third-order valence-corrected chi connectivity index (χ3v) is 4.46. The van der Waals surface area contributed by atoms with E-state index in [1.165, 1.54) is 12.1 Å². The number of nitrogens with zero attached hydrogens (tertiary/aromatic N) is 4. The summed E-state index contributed by atoms with van der Waals surface area (Å²) < 4.78 is 14.8. The molecule has 4 rings (SSSR count). The third kappa shape index (κ3) is 4.13. The number of pyridine rings is 1. The van der Waals surface area contributed by atoms with Crippen LogP contribution in [0.1, 0.15) is 28.8 Å². The van der Waals surface area contributed by atoms with E-state index >= 15 is 0 Å². The lowest BCUT2D eigenvalue weighted by molar-refractivity contribution is 0.0951. The van der Waals surface area contributed by atoms with Crippen LogP contribution in [0.25, 0.3) is 5.69 Å². The van der Waals surface area contributed by atoms with Crippen molar-refractivity contribution in [1.29, 1.82) is 0 Å². The van der Waals surface area contributed by atoms with E-state index in [1.807, 2.05) is 18.1 Å². The van der Waals surface area contributed by atoms with E-state index in [9.17, 15) is 9.18 Å². The molecular weight excluding hydrogens is 345 g/mol. The van der Waals surface area contributed by atoms with Crippen molar-refractivity contribution in [2.24, 2.45) is 0 Å². The lowest BCUT2D eigenvalue weighted by Crippen LogP contribution is -2.26. The van der Waals surface area contributed by atoms with Crippen LogP contribution in [0.2, 0.25) is 0 Å². The van der Waals surface area contributed by atoms with Crippen molar-refractivity contribution in [3.05, 3.63) is 71.9 Å². The number of carbonyl (C=O) groups excluding carboxylic acids is 1. The molecule has 1 aromatic carbocycles. The normalized spacial score (nSPS) is 13.4. The summed E-state index contributed by atoms with van der Waals surface area (Å²) in [7, 11) is 1.92. The predicted octanol–water partition coefficient (Wildman–Crippen LogP) is 2.94. The van der Waals surface area contributed by atoms with E-state index in [1.54, 1.807) is 41.3 Å². The fourth-order valence-corrected chi connectivity index (χ4v) is 2.80. The molecule has 1 amide bonds. The average molecular weight is 365 g/mol. The molecule has 6 nitrogen and oxygen atoms in total. The van der Waals surface area contributed by atoms with Gasteiger partial charge in [0.25, 0.3) is 5.91 Å². The van der Waals surface area contributed by atoms with E-state index in [-0.39, 0.29) is 11.7 Å². The Bertz CT molecular complexity index is 949. The zero-order chi connectivity index (χ0) is 18.8. The van der Waals surface area contributed by atoms with E-state index in [4.69, 9.17) is 0 Å². The van der Waals surface area contributed by atoms with Crippen molar-refractivity contribution in [2.45, 2.75) is 25.4 Å². The summed E-state index contributed by atoms with van der Waals surface area (Å²) in [6.45, 7) is 0.585. The van der Waals surface area contributed by atoms with Crippen LogP contribution in [0, 0.1) is 5.82 Å². The number of halogens is 1. The molecule has 0 radical (unpaired) electrons. The van der Waals surface area contributed by atoms with Crippen molar-refractivity contribution < 1.29 is 9.18 Å². The monoisotopic (exact) mass is 365 g/mol. The molecule has 0 spiro atoms. The van der Waals surface area contributed by atoms with E-state index in [2.05, 4.69) is 15.4 Å². The van der Waals surface area contributed by atoms with Crippen LogP contribution < -0.4 is 10.2 Å². The highest BCUT2D eigenvalue weighted by Crippen LogP contribution is 2.20. The highest BCUT2D eigenvalue weighted by Gasteiger charge is 2.24. The van der Waals surface area contributed by atoms with Gasteiger partial charge < -0.3 is 10.2 Å². The number of rotatable bonds is 6. The van der Waals surface area contributed by atoms with Gasteiger partial charge in [0.1, 0.15) is 11.6 Å². The summed E-state index contributed by atoms with van der Waals surface area (Å²) in [5.74, 6) is 0.384. The summed E-state index contributed by atoms with van der Waals surface area (Å²) in [6.07, 6.45) is 7.43. The number of benzene rings is 1. The standard InChI is InChI=1S/C20H20FN5O/c1-25(19-10-15(8-9-22-19)20(27)24-17-4-5-17)12-14-11-23-26(13-14)18-6-2-16(21)3-7-18/h2-3,6-11,13,17H,4-5,12H2,1H3,(H,24,27). The second-order valence-corrected chi connectivity index (χ2v) is 6.78. The maximum atomic E-state index is 13.1. The Balaban J connectivity index is 1.45. The summed E-state index contributed by atoms with van der Waals surface area (Å²) >= 11 is 0. The first kappa shape index (κ1) is 17.2. The molecule has 7 heteroatoms. The Morgan fingerprint density at radius 2 is 2.07 bits per heavy atom. The highest BCUT2D eigenvalue weighted by molar-refractivity contribution is 5.95. The van der Waals surface area contributed by atoms with Gasteiger partial charge in [-0.15, -0.1) is 0 Å². The van der Waals surface area contributed by atoms with Gasteiger partial charge in [0, 0.05) is 43.2 Å². The van der Waals surface area contributed by atoms with Gasteiger partial charge in [-0.05, 0) is 49.2 Å². The van der Waals surface area contributed by atoms with E-state index in [0.29, 0.717) is 24.0 Å². The van der Waals surface area contributed by atoms with Gasteiger partial charge in [0.15, 0.2) is 0 Å². The molecule has 1 fully saturated rings. The van der Waals surface area contributed by atoms with E-state index in [0.717, 1.165) is 24.1 Å². The van der Waals surface area contributed by atoms with Gasteiger partial charge in [-0.1, -0.05) is 0 Å². The van der Waals surface area contributed by atoms with Crippen LogP contribution in [-0.2, 0) is 6.54 Å². The van der Waals surface area contributed by atoms with Crippen LogP contribution >= 0.6 is 0 Å². The minimum Gasteiger partial charge on any atom is -0.355 e. The lowest BCUT2D eigenvalue weighted by atomic mass is 10.2. The van der Waals surface area contributed by atoms with Crippen molar-refractivity contribution in [3.8, 4) is 5.69 Å². The minimum absolute atomic E-state index is 0.0568. The summed E-state index contributed by atoms with van der Waals surface area (Å²) in [4.78, 5) is 18.5. The number of amides is 1. The first-order chi connectivity index (χ1) is 13.1. The molecule has 27 heavy (non-hydrogen) atoms. The second-order valence-electron chi connectivity index (χ2n) is 6.78. The largest absolute Gasteiger partial charge is 0.355 e. The van der Waals surface area contributed by atoms with E-state index < -0.39 is 0 Å². The van der Waals surface area contributed by atoms with Gasteiger partial charge in [0.05, 0.1) is 11.9 Å². The van der Waals surface area contributed by atoms with Crippen LogP contribution in [0.5, 0.6) is 0 Å². The molecule has 0 saturated heterocycles. The number of hydrogen-bond donors (Lipinski definition) is 1. The molecule has 1 saturated carbocycles. The fourth-order valence-electron chi connectivity index (χ4n) is 2.80. The zero-order valence-corrected chi connectivity index (χ0v) is 15.0. The Labute approximate surface area is 156 Å². The fraction of sp³-hybridized carbons (Fsp3) is 0.250. The van der Waals surface area contributed by atoms with Gasteiger partial charge in [0.2, 0.25) is 0 Å². The van der Waals surface area contributed by atoms with Crippen LogP contribution in [0.4, 0.5) is 10.2 Å². The first-order valence-corrected chi connectivity index (χ1v) is 8.86. The number of anilines is 1. The van der Waals surface area contributed by atoms with Gasteiger partial charge in [-0.3, -0.25) is 4.79 Å². The number of nitrogens with one attached hydrogen (secondary N) is 1. The number of hydrogen-bond acceptors (Lipinski definition) is 4. The maximum absolute atomic E-state index is 13.1. The van der Waals surface area contributed by atoms with Crippen LogP contribution in [0.3, 0.4) is 0 Å². The minimum atomic E-state index is -0.275. The van der Waals surface area contributed by atoms with Gasteiger partial charge >= 0.3 is 0 Å². The number of carbonyl (C=O) groups is 1. The summed E-state index contributed by atoms with van der Waals surface area (Å²) in [5, 5.41) is 7.32. The third-order valence-electron chi connectivity index (χ3n) is 4.46. The molecule has 138 valence electrons. The molecule has 0 bridgehead atoms. The predicted molar refractivity (Wildman–Crippen MR) is 100 cm³/mol. The molecule has 0 atom stereocenters. The second kappa shape index (κ2) is 7.19. The van der Waals surface area contributed by atoms with Crippen molar-refractivity contribution in [1.82, 2.24) is 20.1 Å². The Morgan fingerprint density at radius 3 is 2.81 bits per heavy atom. The molecule has 0 unspecified atom stereocenters. The molecule has 2 heterocycles. The Kier molecular flexibility index (Phi) is 4.58. The molecule has 2 aromatic heterocycles.